The van der Waals surface area contributed by atoms with Crippen LogP contribution >= 0.6 is 0 Å². The minimum absolute atomic E-state index is 0.921. The van der Waals surface area contributed by atoms with E-state index in [0.717, 1.165) is 13.1 Å². The van der Waals surface area contributed by atoms with Crippen LogP contribution in [-0.4, -0.2) is 24.6 Å². The van der Waals surface area contributed by atoms with Crippen molar-refractivity contribution < 1.29 is 0 Å². The maximum absolute atomic E-state index is 4.68. The van der Waals surface area contributed by atoms with Gasteiger partial charge >= 0.3 is 0 Å². The molecule has 1 aliphatic heterocycles. The fourth-order valence-electron chi connectivity index (χ4n) is 2.61. The van der Waals surface area contributed by atoms with Crippen LogP contribution in [0, 0.1) is 6.92 Å². The van der Waals surface area contributed by atoms with Crippen LogP contribution in [0.15, 0.2) is 12.3 Å². The average molecular weight is 247 g/mol. The minimum atomic E-state index is 0.921. The standard InChI is InChI=1S/C15H25N3/c1-3-16-11-14-10-13(2)15(17-12-14)18-8-6-4-5-7-9-18/h10,12,16H,3-9,11H2,1-2H3. The zero-order valence-corrected chi connectivity index (χ0v) is 11.7. The molecule has 0 bridgehead atoms. The van der Waals surface area contributed by atoms with Crippen molar-refractivity contribution >= 4 is 5.82 Å². The second kappa shape index (κ2) is 6.74. The van der Waals surface area contributed by atoms with E-state index in [9.17, 15) is 0 Å². The number of pyridine rings is 1. The Morgan fingerprint density at radius 1 is 1.22 bits per heavy atom. The van der Waals surface area contributed by atoms with Gasteiger partial charge in [0.25, 0.3) is 0 Å². The minimum Gasteiger partial charge on any atom is -0.356 e. The Balaban J connectivity index is 2.08. The van der Waals surface area contributed by atoms with Crippen molar-refractivity contribution in [3.8, 4) is 0 Å². The average Bonchev–Trinajstić information content (AvgIpc) is 2.65. The van der Waals surface area contributed by atoms with Gasteiger partial charge in [-0.2, -0.15) is 0 Å². The highest BCUT2D eigenvalue weighted by Crippen LogP contribution is 2.21. The molecular weight excluding hydrogens is 222 g/mol. The molecule has 18 heavy (non-hydrogen) atoms. The van der Waals surface area contributed by atoms with Gasteiger partial charge < -0.3 is 10.2 Å². The number of nitrogens with one attached hydrogen (secondary N) is 1. The molecule has 0 aliphatic carbocycles. The molecule has 2 rings (SSSR count). The molecule has 1 saturated heterocycles. The van der Waals surface area contributed by atoms with E-state index in [0.29, 0.717) is 0 Å². The van der Waals surface area contributed by atoms with E-state index in [1.165, 1.54) is 55.7 Å². The molecule has 1 aliphatic rings. The third kappa shape index (κ3) is 3.45. The summed E-state index contributed by atoms with van der Waals surface area (Å²) in [5.74, 6) is 1.19. The molecule has 1 aromatic rings. The Morgan fingerprint density at radius 2 is 1.94 bits per heavy atom. The molecule has 3 heteroatoms. The first-order valence-corrected chi connectivity index (χ1v) is 7.22. The van der Waals surface area contributed by atoms with Gasteiger partial charge in [-0.3, -0.25) is 0 Å². The van der Waals surface area contributed by atoms with E-state index in [4.69, 9.17) is 0 Å². The molecule has 0 spiro atoms. The highest BCUT2D eigenvalue weighted by atomic mass is 15.2. The van der Waals surface area contributed by atoms with Crippen LogP contribution in [0.5, 0.6) is 0 Å². The van der Waals surface area contributed by atoms with Gasteiger partial charge in [0.1, 0.15) is 5.82 Å². The van der Waals surface area contributed by atoms with Gasteiger partial charge in [0.2, 0.25) is 0 Å². The number of hydrogen-bond acceptors (Lipinski definition) is 3. The van der Waals surface area contributed by atoms with E-state index in [1.54, 1.807) is 0 Å². The number of aromatic nitrogens is 1. The Labute approximate surface area is 111 Å². The van der Waals surface area contributed by atoms with E-state index in [-0.39, 0.29) is 0 Å². The largest absolute Gasteiger partial charge is 0.356 e. The van der Waals surface area contributed by atoms with Crippen LogP contribution in [0.2, 0.25) is 0 Å². The topological polar surface area (TPSA) is 28.2 Å². The van der Waals surface area contributed by atoms with E-state index < -0.39 is 0 Å². The number of aryl methyl sites for hydroxylation is 1. The van der Waals surface area contributed by atoms with E-state index in [1.807, 2.05) is 6.20 Å². The molecule has 0 unspecified atom stereocenters. The van der Waals surface area contributed by atoms with Gasteiger partial charge in [0.05, 0.1) is 0 Å². The van der Waals surface area contributed by atoms with Gasteiger partial charge in [-0.25, -0.2) is 4.98 Å². The van der Waals surface area contributed by atoms with E-state index >= 15 is 0 Å². The Kier molecular flexibility index (Phi) is 5.00. The normalized spacial score (nSPS) is 16.7. The molecule has 1 aromatic heterocycles. The zero-order chi connectivity index (χ0) is 12.8. The SMILES string of the molecule is CCNCc1cnc(N2CCCCCC2)c(C)c1. The van der Waals surface area contributed by atoms with Gasteiger partial charge in [0, 0.05) is 25.8 Å². The van der Waals surface area contributed by atoms with Crippen LogP contribution in [0.25, 0.3) is 0 Å². The van der Waals surface area contributed by atoms with Gasteiger partial charge in [-0.15, -0.1) is 0 Å². The first-order chi connectivity index (χ1) is 8.81. The molecule has 0 saturated carbocycles. The van der Waals surface area contributed by atoms with Crippen LogP contribution in [0.3, 0.4) is 0 Å². The second-order valence-corrected chi connectivity index (χ2v) is 5.17. The highest BCUT2D eigenvalue weighted by molar-refractivity contribution is 5.47. The molecule has 2 heterocycles. The molecule has 0 atom stereocenters. The van der Waals surface area contributed by atoms with Crippen molar-refractivity contribution in [2.24, 2.45) is 0 Å². The molecule has 1 fully saturated rings. The third-order valence-electron chi connectivity index (χ3n) is 3.59. The maximum Gasteiger partial charge on any atom is 0.131 e. The van der Waals surface area contributed by atoms with Crippen LogP contribution in [0.1, 0.15) is 43.7 Å². The number of anilines is 1. The monoisotopic (exact) mass is 247 g/mol. The van der Waals surface area contributed by atoms with Crippen molar-refractivity contribution in [3.05, 3.63) is 23.4 Å². The second-order valence-electron chi connectivity index (χ2n) is 5.17. The quantitative estimate of drug-likeness (QED) is 0.886. The summed E-state index contributed by atoms with van der Waals surface area (Å²) in [5.41, 5.74) is 2.60. The fraction of sp³-hybridized carbons (Fsp3) is 0.667. The summed E-state index contributed by atoms with van der Waals surface area (Å²) < 4.78 is 0. The summed E-state index contributed by atoms with van der Waals surface area (Å²) in [5, 5.41) is 3.35. The van der Waals surface area contributed by atoms with Crippen molar-refractivity contribution in [1.29, 1.82) is 0 Å². The lowest BCUT2D eigenvalue weighted by Crippen LogP contribution is -2.26. The van der Waals surface area contributed by atoms with Gasteiger partial charge in [-0.05, 0) is 43.5 Å². The first-order valence-electron chi connectivity index (χ1n) is 7.22. The summed E-state index contributed by atoms with van der Waals surface area (Å²) >= 11 is 0. The zero-order valence-electron chi connectivity index (χ0n) is 11.7. The summed E-state index contributed by atoms with van der Waals surface area (Å²) in [6, 6.07) is 2.27. The van der Waals surface area contributed by atoms with Crippen LogP contribution < -0.4 is 10.2 Å². The molecule has 0 aromatic carbocycles. The molecule has 1 N–H and O–H groups in total. The smallest absolute Gasteiger partial charge is 0.131 e. The van der Waals surface area contributed by atoms with Gasteiger partial charge in [0.15, 0.2) is 0 Å². The number of nitrogens with zero attached hydrogens (tertiary/aromatic N) is 2. The first kappa shape index (κ1) is 13.3. The fourth-order valence-corrected chi connectivity index (χ4v) is 2.61. The van der Waals surface area contributed by atoms with Crippen molar-refractivity contribution in [2.45, 2.75) is 46.1 Å². The summed E-state index contributed by atoms with van der Waals surface area (Å²) in [6.45, 7) is 8.58. The summed E-state index contributed by atoms with van der Waals surface area (Å²) in [4.78, 5) is 7.14. The number of rotatable bonds is 4. The summed E-state index contributed by atoms with van der Waals surface area (Å²) in [6.07, 6.45) is 7.37. The van der Waals surface area contributed by atoms with Gasteiger partial charge in [-0.1, -0.05) is 19.8 Å². The predicted molar refractivity (Wildman–Crippen MR) is 77.0 cm³/mol. The van der Waals surface area contributed by atoms with Crippen LogP contribution in [0.4, 0.5) is 5.82 Å². The lowest BCUT2D eigenvalue weighted by atomic mass is 10.2. The van der Waals surface area contributed by atoms with Crippen LogP contribution in [-0.2, 0) is 6.54 Å². The Bertz CT molecular complexity index is 368. The van der Waals surface area contributed by atoms with E-state index in [2.05, 4.69) is 35.1 Å². The molecular formula is C15H25N3. The predicted octanol–water partition coefficient (Wildman–Crippen LogP) is 2.88. The van der Waals surface area contributed by atoms with Crippen molar-refractivity contribution in [2.75, 3.05) is 24.5 Å². The third-order valence-corrected chi connectivity index (χ3v) is 3.59. The van der Waals surface area contributed by atoms with Crippen molar-refractivity contribution in [3.63, 3.8) is 0 Å². The molecule has 100 valence electrons. The maximum atomic E-state index is 4.68. The number of hydrogen-bond donors (Lipinski definition) is 1. The molecule has 0 amide bonds. The highest BCUT2D eigenvalue weighted by Gasteiger charge is 2.13. The Morgan fingerprint density at radius 3 is 2.56 bits per heavy atom. The van der Waals surface area contributed by atoms with Crippen molar-refractivity contribution in [1.82, 2.24) is 10.3 Å². The lowest BCUT2D eigenvalue weighted by molar-refractivity contribution is 0.721. The Hall–Kier alpha value is -1.09. The summed E-state index contributed by atoms with van der Waals surface area (Å²) in [7, 11) is 0. The lowest BCUT2D eigenvalue weighted by Gasteiger charge is -2.23. The molecule has 0 radical (unpaired) electrons. The molecule has 3 nitrogen and oxygen atoms in total.